The number of piperazine rings is 1. The van der Waals surface area contributed by atoms with Gasteiger partial charge in [-0.1, -0.05) is 0 Å². The van der Waals surface area contributed by atoms with Crippen LogP contribution in [-0.2, 0) is 0 Å². The zero-order valence-electron chi connectivity index (χ0n) is 18.3. The number of carbonyl (C=O) groups excluding carboxylic acids is 1. The Balaban J connectivity index is 1.08. The highest BCUT2D eigenvalue weighted by Crippen LogP contribution is 2.35. The van der Waals surface area contributed by atoms with E-state index < -0.39 is 0 Å². The van der Waals surface area contributed by atoms with Gasteiger partial charge in [0.15, 0.2) is 11.5 Å². The number of nitrogens with zero attached hydrogens (tertiary/aromatic N) is 4. The van der Waals surface area contributed by atoms with Crippen LogP contribution in [0.1, 0.15) is 10.7 Å². The summed E-state index contributed by atoms with van der Waals surface area (Å²) in [6.45, 7) is 5.17. The predicted molar refractivity (Wildman–Crippen MR) is 120 cm³/mol. The molecule has 1 saturated heterocycles. The van der Waals surface area contributed by atoms with E-state index in [4.69, 9.17) is 18.6 Å². The smallest absolute Gasteiger partial charge is 0.308 e. The third kappa shape index (κ3) is 4.70. The maximum atomic E-state index is 12.4. The summed E-state index contributed by atoms with van der Waals surface area (Å²) in [7, 11) is 1.67. The van der Waals surface area contributed by atoms with Gasteiger partial charge in [-0.2, -0.15) is 0 Å². The molecule has 3 heterocycles. The maximum Gasteiger partial charge on any atom is 0.308 e. The highest BCUT2D eigenvalue weighted by atomic mass is 16.7. The quantitative estimate of drug-likeness (QED) is 0.578. The Bertz CT molecular complexity index is 1110. The van der Waals surface area contributed by atoms with E-state index in [0.29, 0.717) is 23.6 Å². The van der Waals surface area contributed by atoms with Crippen molar-refractivity contribution in [3.63, 3.8) is 0 Å². The first kappa shape index (κ1) is 21.1. The maximum absolute atomic E-state index is 12.4. The fourth-order valence-electron chi connectivity index (χ4n) is 3.89. The minimum atomic E-state index is -0.383. The number of methoxy groups -OCH3 is 1. The summed E-state index contributed by atoms with van der Waals surface area (Å²) in [6, 6.07) is 13.4. The highest BCUT2D eigenvalue weighted by molar-refractivity contribution is 5.89. The number of hydrogen-bond acceptors (Lipinski definition) is 9. The van der Waals surface area contributed by atoms with Gasteiger partial charge in [0.25, 0.3) is 0 Å². The molecule has 33 heavy (non-hydrogen) atoms. The first-order chi connectivity index (χ1) is 16.2. The first-order valence-corrected chi connectivity index (χ1v) is 10.8. The molecule has 1 N–H and O–H groups in total. The molecule has 5 rings (SSSR count). The molecule has 10 heteroatoms. The SMILES string of the molecule is COc1ccc(N2CCN(CCNC(=O)c3nnc(-c4ccc5c(c4)OCO5)o3)CC2)cc1. The molecule has 0 atom stereocenters. The Morgan fingerprint density at radius 2 is 1.82 bits per heavy atom. The van der Waals surface area contributed by atoms with Crippen LogP contribution in [0.2, 0.25) is 0 Å². The molecule has 2 aliphatic rings. The number of carbonyl (C=O) groups is 1. The molecule has 0 bridgehead atoms. The van der Waals surface area contributed by atoms with Crippen LogP contribution in [0.3, 0.4) is 0 Å². The van der Waals surface area contributed by atoms with Crippen molar-refractivity contribution in [2.75, 3.05) is 58.1 Å². The lowest BCUT2D eigenvalue weighted by atomic mass is 10.2. The van der Waals surface area contributed by atoms with Crippen molar-refractivity contribution in [3.8, 4) is 28.7 Å². The van der Waals surface area contributed by atoms with Crippen LogP contribution in [0.5, 0.6) is 17.2 Å². The molecule has 2 aliphatic heterocycles. The number of fused-ring (bicyclic) bond motifs is 1. The van der Waals surface area contributed by atoms with Gasteiger partial charge in [-0.05, 0) is 42.5 Å². The minimum absolute atomic E-state index is 0.0630. The van der Waals surface area contributed by atoms with Gasteiger partial charge in [-0.3, -0.25) is 9.69 Å². The number of nitrogens with one attached hydrogen (secondary N) is 1. The Kier molecular flexibility index (Phi) is 5.99. The number of rotatable bonds is 7. The lowest BCUT2D eigenvalue weighted by molar-refractivity contribution is 0.0913. The molecule has 10 nitrogen and oxygen atoms in total. The van der Waals surface area contributed by atoms with E-state index in [1.807, 2.05) is 12.1 Å². The van der Waals surface area contributed by atoms with Gasteiger partial charge < -0.3 is 28.8 Å². The topological polar surface area (TPSA) is 102 Å². The second-order valence-electron chi connectivity index (χ2n) is 7.76. The van der Waals surface area contributed by atoms with Gasteiger partial charge in [-0.25, -0.2) is 0 Å². The average molecular weight is 451 g/mol. The summed E-state index contributed by atoms with van der Waals surface area (Å²) < 4.78 is 21.4. The molecule has 0 radical (unpaired) electrons. The van der Waals surface area contributed by atoms with Gasteiger partial charge >= 0.3 is 11.8 Å². The normalized spacial score (nSPS) is 15.5. The van der Waals surface area contributed by atoms with Gasteiger partial charge in [0.2, 0.25) is 12.7 Å². The van der Waals surface area contributed by atoms with Crippen LogP contribution in [0.25, 0.3) is 11.5 Å². The van der Waals surface area contributed by atoms with Crippen molar-refractivity contribution in [1.82, 2.24) is 20.4 Å². The molecule has 0 aliphatic carbocycles. The first-order valence-electron chi connectivity index (χ1n) is 10.8. The van der Waals surface area contributed by atoms with Crippen LogP contribution in [0.15, 0.2) is 46.9 Å². The van der Waals surface area contributed by atoms with Crippen LogP contribution in [0.4, 0.5) is 5.69 Å². The van der Waals surface area contributed by atoms with E-state index in [9.17, 15) is 4.79 Å². The lowest BCUT2D eigenvalue weighted by Gasteiger charge is -2.36. The van der Waals surface area contributed by atoms with Crippen LogP contribution < -0.4 is 24.4 Å². The Labute approximate surface area is 191 Å². The van der Waals surface area contributed by atoms with Crippen molar-refractivity contribution < 1.29 is 23.4 Å². The van der Waals surface area contributed by atoms with E-state index in [0.717, 1.165) is 38.5 Å². The molecule has 1 fully saturated rings. The Morgan fingerprint density at radius 1 is 1.03 bits per heavy atom. The standard InChI is InChI=1S/C23H25N5O5/c1-30-18-5-3-17(4-6-18)28-12-10-27(11-13-28)9-8-24-21(29)23-26-25-22(33-23)16-2-7-19-20(14-16)32-15-31-19/h2-7,14H,8-13,15H2,1H3,(H,24,29). The van der Waals surface area contributed by atoms with E-state index >= 15 is 0 Å². The van der Waals surface area contributed by atoms with Gasteiger partial charge in [-0.15, -0.1) is 10.2 Å². The monoisotopic (exact) mass is 451 g/mol. The van der Waals surface area contributed by atoms with Crippen molar-refractivity contribution in [2.45, 2.75) is 0 Å². The van der Waals surface area contributed by atoms with Crippen LogP contribution in [0, 0.1) is 0 Å². The second kappa shape index (κ2) is 9.37. The van der Waals surface area contributed by atoms with Crippen molar-refractivity contribution in [3.05, 3.63) is 48.4 Å². The second-order valence-corrected chi connectivity index (χ2v) is 7.76. The summed E-state index contributed by atoms with van der Waals surface area (Å²) in [5, 5.41) is 10.7. The molecular formula is C23H25N5O5. The minimum Gasteiger partial charge on any atom is -0.497 e. The number of ether oxygens (including phenoxy) is 3. The van der Waals surface area contributed by atoms with E-state index in [1.165, 1.54) is 5.69 Å². The molecule has 3 aromatic rings. The fraction of sp³-hybridized carbons (Fsp3) is 0.348. The molecule has 0 spiro atoms. The summed E-state index contributed by atoms with van der Waals surface area (Å²) in [5.41, 5.74) is 1.86. The van der Waals surface area contributed by atoms with Crippen molar-refractivity contribution in [2.24, 2.45) is 0 Å². The Morgan fingerprint density at radius 3 is 2.61 bits per heavy atom. The molecular weight excluding hydrogens is 426 g/mol. The van der Waals surface area contributed by atoms with Gasteiger partial charge in [0, 0.05) is 50.5 Å². The fourth-order valence-corrected chi connectivity index (χ4v) is 3.89. The Hall–Kier alpha value is -3.79. The largest absolute Gasteiger partial charge is 0.497 e. The van der Waals surface area contributed by atoms with Crippen LogP contribution in [-0.4, -0.2) is 74.2 Å². The molecule has 1 aromatic heterocycles. The summed E-state index contributed by atoms with van der Waals surface area (Å²) >= 11 is 0. The zero-order valence-corrected chi connectivity index (χ0v) is 18.3. The molecule has 172 valence electrons. The van der Waals surface area contributed by atoms with Gasteiger partial charge in [0.1, 0.15) is 5.75 Å². The van der Waals surface area contributed by atoms with Crippen molar-refractivity contribution in [1.29, 1.82) is 0 Å². The lowest BCUT2D eigenvalue weighted by Crippen LogP contribution is -2.48. The van der Waals surface area contributed by atoms with E-state index in [2.05, 4.69) is 37.4 Å². The van der Waals surface area contributed by atoms with Crippen molar-refractivity contribution >= 4 is 11.6 Å². The summed E-state index contributed by atoms with van der Waals surface area (Å²) in [4.78, 5) is 17.1. The number of hydrogen-bond donors (Lipinski definition) is 1. The third-order valence-electron chi connectivity index (χ3n) is 5.76. The van der Waals surface area contributed by atoms with E-state index in [-0.39, 0.29) is 24.5 Å². The zero-order chi connectivity index (χ0) is 22.6. The summed E-state index contributed by atoms with van der Waals surface area (Å²) in [6.07, 6.45) is 0. The van der Waals surface area contributed by atoms with E-state index in [1.54, 1.807) is 25.3 Å². The highest BCUT2D eigenvalue weighted by Gasteiger charge is 2.20. The molecule has 2 aromatic carbocycles. The number of amides is 1. The number of aromatic nitrogens is 2. The molecule has 0 saturated carbocycles. The number of benzene rings is 2. The molecule has 0 unspecified atom stereocenters. The average Bonchev–Trinajstić information content (AvgIpc) is 3.54. The molecule has 1 amide bonds. The third-order valence-corrected chi connectivity index (χ3v) is 5.76. The van der Waals surface area contributed by atoms with Crippen LogP contribution >= 0.6 is 0 Å². The number of anilines is 1. The predicted octanol–water partition coefficient (Wildman–Crippen LogP) is 2.03. The summed E-state index contributed by atoms with van der Waals surface area (Å²) in [5.74, 6) is 1.95. The van der Waals surface area contributed by atoms with Gasteiger partial charge in [0.05, 0.1) is 7.11 Å².